The Kier molecular flexibility index (Phi) is 5.25. The second-order valence-corrected chi connectivity index (χ2v) is 7.02. The minimum atomic E-state index is -0.947. The van der Waals surface area contributed by atoms with E-state index in [1.165, 1.54) is 19.1 Å². The number of benzene rings is 1. The smallest absolute Gasteiger partial charge is 0.344 e. The summed E-state index contributed by atoms with van der Waals surface area (Å²) < 4.78 is 16.0. The Morgan fingerprint density at radius 1 is 1.30 bits per heavy atom. The number of carbonyl (C=O) groups excluding carboxylic acids is 3. The van der Waals surface area contributed by atoms with Crippen molar-refractivity contribution in [3.8, 4) is 11.5 Å². The fourth-order valence-corrected chi connectivity index (χ4v) is 3.47. The van der Waals surface area contributed by atoms with Gasteiger partial charge in [-0.05, 0) is 24.5 Å². The first-order valence-electron chi connectivity index (χ1n) is 8.93. The third-order valence-corrected chi connectivity index (χ3v) is 4.76. The molecule has 0 aromatic heterocycles. The molecule has 8 nitrogen and oxygen atoms in total. The van der Waals surface area contributed by atoms with Crippen LogP contribution in [0.2, 0.25) is 0 Å². The first-order valence-corrected chi connectivity index (χ1v) is 8.93. The van der Waals surface area contributed by atoms with Crippen LogP contribution in [0, 0.1) is 5.92 Å². The van der Waals surface area contributed by atoms with Crippen molar-refractivity contribution in [2.75, 3.05) is 20.8 Å². The maximum Gasteiger partial charge on any atom is 0.344 e. The van der Waals surface area contributed by atoms with Gasteiger partial charge >= 0.3 is 5.97 Å². The van der Waals surface area contributed by atoms with E-state index in [9.17, 15) is 14.4 Å². The van der Waals surface area contributed by atoms with Gasteiger partial charge in [-0.15, -0.1) is 0 Å². The monoisotopic (exact) mass is 376 g/mol. The summed E-state index contributed by atoms with van der Waals surface area (Å²) in [6, 6.07) is 2.65. The van der Waals surface area contributed by atoms with E-state index < -0.39 is 18.2 Å². The second-order valence-electron chi connectivity index (χ2n) is 7.02. The number of nitrogens with zero attached hydrogens (tertiary/aromatic N) is 1. The molecule has 1 fully saturated rings. The van der Waals surface area contributed by atoms with E-state index in [1.807, 2.05) is 13.8 Å². The van der Waals surface area contributed by atoms with Crippen LogP contribution in [-0.2, 0) is 14.3 Å². The third kappa shape index (κ3) is 3.31. The van der Waals surface area contributed by atoms with Crippen molar-refractivity contribution in [3.05, 3.63) is 23.3 Å². The van der Waals surface area contributed by atoms with E-state index in [0.717, 1.165) is 0 Å². The second kappa shape index (κ2) is 7.46. The van der Waals surface area contributed by atoms with Crippen LogP contribution in [0.1, 0.15) is 48.8 Å². The molecule has 146 valence electrons. The van der Waals surface area contributed by atoms with Crippen molar-refractivity contribution >= 4 is 17.8 Å². The first kappa shape index (κ1) is 19.0. The number of hydrogen-bond donors (Lipinski definition) is 1. The van der Waals surface area contributed by atoms with E-state index in [-0.39, 0.29) is 29.5 Å². The van der Waals surface area contributed by atoms with Crippen LogP contribution in [0.25, 0.3) is 0 Å². The summed E-state index contributed by atoms with van der Waals surface area (Å²) in [6.45, 7) is 4.50. The Morgan fingerprint density at radius 2 is 2.04 bits per heavy atom. The Labute approximate surface area is 157 Å². The summed E-state index contributed by atoms with van der Waals surface area (Å²) in [5.41, 5.74) is 0.720. The Hall–Kier alpha value is -2.77. The zero-order valence-electron chi connectivity index (χ0n) is 15.9. The highest BCUT2D eigenvalue weighted by Crippen LogP contribution is 2.45. The number of amides is 2. The van der Waals surface area contributed by atoms with E-state index in [1.54, 1.807) is 12.1 Å². The first-order chi connectivity index (χ1) is 12.9. The van der Waals surface area contributed by atoms with E-state index >= 15 is 0 Å². The van der Waals surface area contributed by atoms with Gasteiger partial charge in [0.05, 0.1) is 14.2 Å². The third-order valence-electron chi connectivity index (χ3n) is 4.76. The fraction of sp³-hybridized carbons (Fsp3) is 0.526. The average molecular weight is 376 g/mol. The van der Waals surface area contributed by atoms with Gasteiger partial charge in [0.1, 0.15) is 11.6 Å². The molecule has 1 N–H and O–H groups in total. The van der Waals surface area contributed by atoms with Crippen molar-refractivity contribution in [2.45, 2.75) is 39.0 Å². The lowest BCUT2D eigenvalue weighted by Crippen LogP contribution is -2.47. The summed E-state index contributed by atoms with van der Waals surface area (Å²) >= 11 is 0. The normalized spacial score (nSPS) is 21.3. The summed E-state index contributed by atoms with van der Waals surface area (Å²) in [5, 5.41) is 2.86. The highest BCUT2D eigenvalue weighted by atomic mass is 16.6. The van der Waals surface area contributed by atoms with Gasteiger partial charge in [-0.3, -0.25) is 14.5 Å². The molecule has 1 saturated heterocycles. The minimum Gasteiger partial charge on any atom is -0.493 e. The molecule has 2 aliphatic heterocycles. The number of hydrogen-bond acceptors (Lipinski definition) is 6. The lowest BCUT2D eigenvalue weighted by atomic mass is 10.0. The van der Waals surface area contributed by atoms with Gasteiger partial charge < -0.3 is 19.5 Å². The highest BCUT2D eigenvalue weighted by molar-refractivity contribution is 5.99. The van der Waals surface area contributed by atoms with Gasteiger partial charge in [-0.1, -0.05) is 13.8 Å². The van der Waals surface area contributed by atoms with E-state index in [2.05, 4.69) is 5.32 Å². The molecular weight excluding hydrogens is 352 g/mol. The van der Waals surface area contributed by atoms with Crippen LogP contribution in [0.15, 0.2) is 12.1 Å². The van der Waals surface area contributed by atoms with Gasteiger partial charge in [-0.2, -0.15) is 0 Å². The Balaban J connectivity index is 1.94. The molecule has 2 heterocycles. The quantitative estimate of drug-likeness (QED) is 0.759. The van der Waals surface area contributed by atoms with Crippen LogP contribution >= 0.6 is 0 Å². The van der Waals surface area contributed by atoms with Gasteiger partial charge in [-0.25, -0.2) is 4.79 Å². The zero-order chi connectivity index (χ0) is 19.7. The molecule has 0 bridgehead atoms. The number of esters is 1. The molecule has 0 saturated carbocycles. The van der Waals surface area contributed by atoms with Gasteiger partial charge in [0.25, 0.3) is 0 Å². The number of cyclic esters (lactones) is 1. The lowest BCUT2D eigenvalue weighted by molar-refractivity contribution is -0.145. The van der Waals surface area contributed by atoms with Crippen LogP contribution in [-0.4, -0.2) is 49.5 Å². The van der Waals surface area contributed by atoms with E-state index in [0.29, 0.717) is 30.2 Å². The summed E-state index contributed by atoms with van der Waals surface area (Å²) in [7, 11) is 2.91. The summed E-state index contributed by atoms with van der Waals surface area (Å²) in [5.74, 6) is -0.115. The Morgan fingerprint density at radius 3 is 2.67 bits per heavy atom. The predicted octanol–water partition coefficient (Wildman–Crippen LogP) is 1.64. The lowest BCUT2D eigenvalue weighted by Gasteiger charge is -2.29. The zero-order valence-corrected chi connectivity index (χ0v) is 15.9. The van der Waals surface area contributed by atoms with Crippen molar-refractivity contribution in [2.24, 2.45) is 5.92 Å². The number of rotatable bonds is 6. The number of carbonyl (C=O) groups is 3. The van der Waals surface area contributed by atoms with Gasteiger partial charge in [0.15, 0.2) is 11.5 Å². The molecule has 0 radical (unpaired) electrons. The van der Waals surface area contributed by atoms with E-state index in [4.69, 9.17) is 14.2 Å². The molecule has 2 unspecified atom stereocenters. The number of fused-ring (bicyclic) bond motifs is 1. The summed E-state index contributed by atoms with van der Waals surface area (Å²) in [4.78, 5) is 38.9. The topological polar surface area (TPSA) is 94.2 Å². The van der Waals surface area contributed by atoms with Crippen molar-refractivity contribution in [3.63, 3.8) is 0 Å². The van der Waals surface area contributed by atoms with Crippen LogP contribution < -0.4 is 14.8 Å². The molecule has 1 aromatic rings. The average Bonchev–Trinajstić information content (AvgIpc) is 3.18. The molecule has 0 aliphatic carbocycles. The minimum absolute atomic E-state index is 0.222. The number of ether oxygens (including phenoxy) is 3. The Bertz CT molecular complexity index is 776. The standard InChI is InChI=1S/C19H24N2O6/c1-10(2)9-20-17(23)12-6-8-14(22)21(12)18-11-5-7-13(25-3)16(26-4)15(11)19(24)27-18/h5,7,10,12,18H,6,8-9H2,1-4H3,(H,20,23). The van der Waals surface area contributed by atoms with Crippen LogP contribution in [0.5, 0.6) is 11.5 Å². The van der Waals surface area contributed by atoms with Crippen molar-refractivity contribution in [1.82, 2.24) is 10.2 Å². The highest BCUT2D eigenvalue weighted by Gasteiger charge is 2.47. The maximum absolute atomic E-state index is 12.6. The molecule has 3 rings (SSSR count). The predicted molar refractivity (Wildman–Crippen MR) is 95.4 cm³/mol. The molecule has 2 atom stereocenters. The number of methoxy groups -OCH3 is 2. The maximum atomic E-state index is 12.6. The SMILES string of the molecule is COc1ccc2c(c1OC)C(=O)OC2N1C(=O)CCC1C(=O)NCC(C)C. The van der Waals surface area contributed by atoms with Gasteiger partial charge in [0.2, 0.25) is 18.0 Å². The molecule has 27 heavy (non-hydrogen) atoms. The van der Waals surface area contributed by atoms with Gasteiger partial charge in [0, 0.05) is 18.5 Å². The van der Waals surface area contributed by atoms with Crippen LogP contribution in [0.3, 0.4) is 0 Å². The molecule has 1 aromatic carbocycles. The molecule has 2 aliphatic rings. The summed E-state index contributed by atoms with van der Waals surface area (Å²) in [6.07, 6.45) is -0.326. The molecule has 8 heteroatoms. The van der Waals surface area contributed by atoms with Crippen LogP contribution in [0.4, 0.5) is 0 Å². The molecule has 2 amide bonds. The number of nitrogens with one attached hydrogen (secondary N) is 1. The van der Waals surface area contributed by atoms with Crippen molar-refractivity contribution < 1.29 is 28.6 Å². The molecular formula is C19H24N2O6. The molecule has 0 spiro atoms. The largest absolute Gasteiger partial charge is 0.493 e. The van der Waals surface area contributed by atoms with Crippen molar-refractivity contribution in [1.29, 1.82) is 0 Å². The fourth-order valence-electron chi connectivity index (χ4n) is 3.47. The number of likely N-dealkylation sites (tertiary alicyclic amines) is 1.